The van der Waals surface area contributed by atoms with Crippen molar-refractivity contribution < 1.29 is 18.7 Å². The summed E-state index contributed by atoms with van der Waals surface area (Å²) in [5, 5.41) is 3.61. The van der Waals surface area contributed by atoms with E-state index in [9.17, 15) is 14.0 Å². The molecule has 6 nitrogen and oxygen atoms in total. The van der Waals surface area contributed by atoms with Gasteiger partial charge in [0.2, 0.25) is 11.8 Å². The molecule has 2 amide bonds. The second-order valence-electron chi connectivity index (χ2n) is 8.42. The minimum Gasteiger partial charge on any atom is -0.486 e. The summed E-state index contributed by atoms with van der Waals surface area (Å²) in [5.74, 6) is 0.324. The Morgan fingerprint density at radius 2 is 2.03 bits per heavy atom. The second kappa shape index (κ2) is 9.00. The molecule has 1 N–H and O–H groups in total. The van der Waals surface area contributed by atoms with E-state index in [2.05, 4.69) is 10.3 Å². The molecular formula is C24H23ClFN3O3S. The van der Waals surface area contributed by atoms with Crippen LogP contribution >= 0.6 is 22.9 Å². The van der Waals surface area contributed by atoms with E-state index in [1.54, 1.807) is 6.20 Å². The molecular weight excluding hydrogens is 465 g/mol. The Kier molecular flexibility index (Phi) is 6.07. The molecule has 33 heavy (non-hydrogen) atoms. The van der Waals surface area contributed by atoms with Crippen molar-refractivity contribution in [3.8, 4) is 16.9 Å². The Morgan fingerprint density at radius 3 is 2.79 bits per heavy atom. The fraction of sp³-hybridized carbons (Fsp3) is 0.375. The summed E-state index contributed by atoms with van der Waals surface area (Å²) >= 11 is 7.90. The van der Waals surface area contributed by atoms with Crippen molar-refractivity contribution >= 4 is 45.0 Å². The van der Waals surface area contributed by atoms with Gasteiger partial charge < -0.3 is 10.1 Å². The molecule has 0 saturated carbocycles. The lowest BCUT2D eigenvalue weighted by molar-refractivity contribution is -0.138. The molecule has 4 heterocycles. The summed E-state index contributed by atoms with van der Waals surface area (Å²) in [6.45, 7) is 3.12. The third kappa shape index (κ3) is 4.35. The number of aryl methyl sites for hydroxylation is 1. The second-order valence-corrected chi connectivity index (χ2v) is 10.00. The number of nitrogens with zero attached hydrogens (tertiary/aromatic N) is 2. The molecule has 172 valence electrons. The average molecular weight is 488 g/mol. The number of halogens is 2. The standard InChI is InChI=1S/C24H23ClFN3O3S/c1-13-8-14(25)9-17(23(13)32-20-5-6-27-11-18(20)26)16-4-7-28-19-10-15(33-24(16)19)12-29-21(30)2-3-22(29)31/h4,7-10,18,20,27H,2-3,5-6,11-12H2,1H3/t18-,20+/m0/s1. The third-order valence-electron chi connectivity index (χ3n) is 6.08. The lowest BCUT2D eigenvalue weighted by Crippen LogP contribution is -2.44. The highest BCUT2D eigenvalue weighted by Crippen LogP contribution is 2.42. The topological polar surface area (TPSA) is 71.5 Å². The minimum atomic E-state index is -1.09. The van der Waals surface area contributed by atoms with E-state index in [-0.39, 0.29) is 37.7 Å². The quantitative estimate of drug-likeness (QED) is 0.530. The first-order valence-electron chi connectivity index (χ1n) is 10.9. The first-order valence-corrected chi connectivity index (χ1v) is 12.1. The van der Waals surface area contributed by atoms with Crippen LogP contribution in [0.1, 0.15) is 29.7 Å². The Labute approximate surface area is 199 Å². The van der Waals surface area contributed by atoms with Crippen molar-refractivity contribution in [2.45, 2.75) is 45.0 Å². The number of rotatable bonds is 5. The van der Waals surface area contributed by atoms with E-state index in [4.69, 9.17) is 16.3 Å². The van der Waals surface area contributed by atoms with Crippen LogP contribution in [0.2, 0.25) is 5.02 Å². The van der Waals surface area contributed by atoms with Gasteiger partial charge in [0.25, 0.3) is 0 Å². The SMILES string of the molecule is Cc1cc(Cl)cc(-c2ccnc3cc(CN4C(=O)CCC4=O)sc23)c1O[C@@H]1CCNC[C@@H]1F. The summed E-state index contributed by atoms with van der Waals surface area (Å²) in [6.07, 6.45) is 1.19. The van der Waals surface area contributed by atoms with Crippen LogP contribution in [0.3, 0.4) is 0 Å². The van der Waals surface area contributed by atoms with E-state index in [1.807, 2.05) is 31.2 Å². The van der Waals surface area contributed by atoms with Crippen LogP contribution in [0.25, 0.3) is 21.3 Å². The number of pyridine rings is 1. The van der Waals surface area contributed by atoms with Gasteiger partial charge >= 0.3 is 0 Å². The van der Waals surface area contributed by atoms with Gasteiger partial charge in [0.15, 0.2) is 0 Å². The largest absolute Gasteiger partial charge is 0.486 e. The predicted molar refractivity (Wildman–Crippen MR) is 126 cm³/mol. The fourth-order valence-electron chi connectivity index (χ4n) is 4.40. The zero-order valence-electron chi connectivity index (χ0n) is 18.1. The van der Waals surface area contributed by atoms with Gasteiger partial charge in [0.1, 0.15) is 18.0 Å². The zero-order valence-corrected chi connectivity index (χ0v) is 19.6. The van der Waals surface area contributed by atoms with E-state index in [0.717, 1.165) is 31.8 Å². The molecule has 0 aliphatic carbocycles. The summed E-state index contributed by atoms with van der Waals surface area (Å²) in [4.78, 5) is 30.8. The maximum Gasteiger partial charge on any atom is 0.230 e. The molecule has 2 aliphatic heterocycles. The van der Waals surface area contributed by atoms with Gasteiger partial charge in [0.05, 0.1) is 16.8 Å². The lowest BCUT2D eigenvalue weighted by Gasteiger charge is -2.29. The highest BCUT2D eigenvalue weighted by molar-refractivity contribution is 7.19. The molecule has 1 aromatic carbocycles. The van der Waals surface area contributed by atoms with Crippen LogP contribution < -0.4 is 10.1 Å². The van der Waals surface area contributed by atoms with Gasteiger partial charge in [-0.2, -0.15) is 0 Å². The van der Waals surface area contributed by atoms with Gasteiger partial charge in [-0.1, -0.05) is 11.6 Å². The molecule has 0 spiro atoms. The Bertz CT molecular complexity index is 1230. The smallest absolute Gasteiger partial charge is 0.230 e. The fourth-order valence-corrected chi connectivity index (χ4v) is 5.80. The average Bonchev–Trinajstić information content (AvgIpc) is 3.34. The van der Waals surface area contributed by atoms with Crippen LogP contribution in [-0.4, -0.2) is 47.1 Å². The molecule has 0 bridgehead atoms. The number of ether oxygens (including phenoxy) is 1. The Morgan fingerprint density at radius 1 is 1.24 bits per heavy atom. The van der Waals surface area contributed by atoms with E-state index in [0.29, 0.717) is 23.7 Å². The summed E-state index contributed by atoms with van der Waals surface area (Å²) in [5.41, 5.74) is 3.25. The first-order chi connectivity index (χ1) is 15.9. The van der Waals surface area contributed by atoms with Crippen molar-refractivity contribution in [2.24, 2.45) is 0 Å². The number of carbonyl (C=O) groups excluding carboxylic acids is 2. The summed E-state index contributed by atoms with van der Waals surface area (Å²) in [6, 6.07) is 7.45. The molecule has 5 rings (SSSR count). The number of benzene rings is 1. The number of piperidine rings is 1. The number of hydrogen-bond donors (Lipinski definition) is 1. The monoisotopic (exact) mass is 487 g/mol. The van der Waals surface area contributed by atoms with Crippen molar-refractivity contribution in [1.29, 1.82) is 0 Å². The van der Waals surface area contributed by atoms with Crippen LogP contribution in [0.4, 0.5) is 4.39 Å². The maximum atomic E-state index is 14.5. The molecule has 2 aliphatic rings. The van der Waals surface area contributed by atoms with E-state index >= 15 is 0 Å². The molecule has 2 fully saturated rings. The number of hydrogen-bond acceptors (Lipinski definition) is 6. The molecule has 2 aromatic heterocycles. The lowest BCUT2D eigenvalue weighted by atomic mass is 10.0. The van der Waals surface area contributed by atoms with Gasteiger partial charge in [-0.25, -0.2) is 4.39 Å². The van der Waals surface area contributed by atoms with Gasteiger partial charge in [-0.3, -0.25) is 19.5 Å². The number of nitrogens with one attached hydrogen (secondary N) is 1. The number of alkyl halides is 1. The first kappa shape index (κ1) is 22.3. The number of fused-ring (bicyclic) bond motifs is 1. The minimum absolute atomic E-state index is 0.144. The number of likely N-dealkylation sites (tertiary alicyclic amines) is 1. The molecule has 2 saturated heterocycles. The Hall–Kier alpha value is -2.55. The number of carbonyl (C=O) groups is 2. The van der Waals surface area contributed by atoms with Crippen LogP contribution in [0.5, 0.6) is 5.75 Å². The third-order valence-corrected chi connectivity index (χ3v) is 7.44. The van der Waals surface area contributed by atoms with Gasteiger partial charge in [-0.05, 0) is 49.7 Å². The van der Waals surface area contributed by atoms with Gasteiger partial charge in [0, 0.05) is 46.6 Å². The van der Waals surface area contributed by atoms with E-state index in [1.165, 1.54) is 16.2 Å². The number of aromatic nitrogens is 1. The summed E-state index contributed by atoms with van der Waals surface area (Å²) < 4.78 is 21.7. The maximum absolute atomic E-state index is 14.5. The van der Waals surface area contributed by atoms with Crippen molar-refractivity contribution in [3.05, 3.63) is 45.9 Å². The molecule has 3 aromatic rings. The number of amides is 2. The highest BCUT2D eigenvalue weighted by Gasteiger charge is 2.30. The van der Waals surface area contributed by atoms with Crippen molar-refractivity contribution in [2.75, 3.05) is 13.1 Å². The Balaban J connectivity index is 1.55. The summed E-state index contributed by atoms with van der Waals surface area (Å²) in [7, 11) is 0. The van der Waals surface area contributed by atoms with Crippen molar-refractivity contribution in [3.63, 3.8) is 0 Å². The molecule has 0 unspecified atom stereocenters. The zero-order chi connectivity index (χ0) is 23.1. The van der Waals surface area contributed by atoms with E-state index < -0.39 is 12.3 Å². The molecule has 9 heteroatoms. The molecule has 0 radical (unpaired) electrons. The predicted octanol–water partition coefficient (Wildman–Crippen LogP) is 4.65. The van der Waals surface area contributed by atoms with Crippen LogP contribution in [0, 0.1) is 6.92 Å². The normalized spacial score (nSPS) is 21.2. The number of imide groups is 1. The highest BCUT2D eigenvalue weighted by atomic mass is 35.5. The number of thiophene rings is 1. The van der Waals surface area contributed by atoms with Crippen LogP contribution in [-0.2, 0) is 16.1 Å². The molecule has 2 atom stereocenters. The van der Waals surface area contributed by atoms with Crippen molar-refractivity contribution in [1.82, 2.24) is 15.2 Å². The van der Waals surface area contributed by atoms with Crippen LogP contribution in [0.15, 0.2) is 30.5 Å². The van der Waals surface area contributed by atoms with Gasteiger partial charge in [-0.15, -0.1) is 11.3 Å².